The Labute approximate surface area is 144 Å². The zero-order chi connectivity index (χ0) is 16.6. The molecule has 0 radical (unpaired) electrons. The Balaban J connectivity index is 5.12. The van der Waals surface area contributed by atoms with Crippen molar-refractivity contribution in [2.24, 2.45) is 0 Å². The lowest BCUT2D eigenvalue weighted by atomic mass is 10.5. The van der Waals surface area contributed by atoms with Crippen molar-refractivity contribution in [2.45, 2.75) is 44.2 Å². The Bertz CT molecular complexity index is 360. The summed E-state index contributed by atoms with van der Waals surface area (Å²) in [5.41, 5.74) is 0. The van der Waals surface area contributed by atoms with Crippen LogP contribution >= 0.6 is 48.0 Å². The molecule has 0 saturated carbocycles. The molecule has 9 heteroatoms. The maximum Gasteiger partial charge on any atom is 0.361 e. The summed E-state index contributed by atoms with van der Waals surface area (Å²) in [5.74, 6) is -0.635. The van der Waals surface area contributed by atoms with Crippen LogP contribution in [0.15, 0.2) is 0 Å². The highest BCUT2D eigenvalue weighted by Gasteiger charge is 2.46. The van der Waals surface area contributed by atoms with Gasteiger partial charge in [0.25, 0.3) is 4.27 Å². The van der Waals surface area contributed by atoms with E-state index in [4.69, 9.17) is 43.4 Å². The third kappa shape index (κ3) is 7.64. The smallest absolute Gasteiger partial charge is 0.361 e. The highest BCUT2D eigenvalue weighted by atomic mass is 32.2. The van der Waals surface area contributed by atoms with Crippen LogP contribution in [0.4, 0.5) is 0 Å². The molecule has 0 amide bonds. The van der Waals surface area contributed by atoms with Gasteiger partial charge in [-0.2, -0.15) is 0 Å². The molecule has 0 spiro atoms. The van der Waals surface area contributed by atoms with Crippen molar-refractivity contribution in [1.29, 1.82) is 0 Å². The summed E-state index contributed by atoms with van der Waals surface area (Å²) in [7, 11) is 2.63. The Kier molecular flexibility index (Phi) is 9.79. The third-order valence-corrected chi connectivity index (χ3v) is 4.73. The lowest BCUT2D eigenvalue weighted by Gasteiger charge is -2.28. The van der Waals surface area contributed by atoms with E-state index in [2.05, 4.69) is 0 Å². The molecule has 0 aliphatic heterocycles. The zero-order valence-electron chi connectivity index (χ0n) is 12.8. The van der Waals surface area contributed by atoms with E-state index in [1.54, 1.807) is 0 Å². The number of thiocarbonyl (C=S) groups is 2. The number of methoxy groups -OCH3 is 2. The number of hydrogen-bond donors (Lipinski definition) is 0. The number of ether oxygens (including phenoxy) is 4. The Morgan fingerprint density at radius 3 is 1.57 bits per heavy atom. The van der Waals surface area contributed by atoms with Crippen molar-refractivity contribution in [3.8, 4) is 0 Å². The third-order valence-electron chi connectivity index (χ3n) is 1.80. The van der Waals surface area contributed by atoms with Crippen LogP contribution in [0.5, 0.6) is 0 Å². The summed E-state index contributed by atoms with van der Waals surface area (Å²) >= 11 is 12.0. The molecule has 0 heterocycles. The topological polar surface area (TPSA) is 54.0 Å². The average Bonchev–Trinajstić information content (AvgIpc) is 2.34. The fourth-order valence-electron chi connectivity index (χ4n) is 1.05. The molecule has 0 saturated heterocycles. The van der Waals surface area contributed by atoms with Crippen molar-refractivity contribution in [2.75, 3.05) is 14.2 Å². The summed E-state index contributed by atoms with van der Waals surface area (Å²) < 4.78 is 19.7. The SMILES string of the molecule is COC(=O)C(OC)(SC(=S)OC(C)C)SC(=S)OC(C)C. The molecule has 0 aliphatic rings. The summed E-state index contributed by atoms with van der Waals surface area (Å²) in [6.45, 7) is 7.33. The lowest BCUT2D eigenvalue weighted by molar-refractivity contribution is -0.148. The predicted octanol–water partition coefficient (Wildman–Crippen LogP) is 3.35. The number of hydrogen-bond acceptors (Lipinski definition) is 9. The molecular weight excluding hydrogens is 352 g/mol. The maximum absolute atomic E-state index is 12.1. The van der Waals surface area contributed by atoms with E-state index in [9.17, 15) is 4.79 Å². The fraction of sp³-hybridized carbons (Fsp3) is 0.750. The van der Waals surface area contributed by atoms with Crippen LogP contribution < -0.4 is 0 Å². The van der Waals surface area contributed by atoms with Gasteiger partial charge in [-0.1, -0.05) is 0 Å². The van der Waals surface area contributed by atoms with Crippen LogP contribution in [0.25, 0.3) is 0 Å². The molecule has 0 aromatic rings. The molecule has 0 aliphatic carbocycles. The molecule has 0 aromatic carbocycles. The summed E-state index contributed by atoms with van der Waals surface area (Å²) in [6, 6.07) is 0. The van der Waals surface area contributed by atoms with Gasteiger partial charge in [-0.05, 0) is 75.7 Å². The molecule has 0 N–H and O–H groups in total. The molecule has 5 nitrogen and oxygen atoms in total. The molecular formula is C12H20O5S4. The second kappa shape index (κ2) is 9.83. The Hall–Kier alpha value is -0.0900. The van der Waals surface area contributed by atoms with E-state index in [1.165, 1.54) is 14.2 Å². The van der Waals surface area contributed by atoms with E-state index in [-0.39, 0.29) is 21.0 Å². The van der Waals surface area contributed by atoms with Crippen LogP contribution in [0, 0.1) is 0 Å². The van der Waals surface area contributed by atoms with Crippen LogP contribution in [0.2, 0.25) is 0 Å². The van der Waals surface area contributed by atoms with Crippen molar-refractivity contribution < 1.29 is 23.7 Å². The van der Waals surface area contributed by atoms with Crippen molar-refractivity contribution in [1.82, 2.24) is 0 Å². The van der Waals surface area contributed by atoms with Gasteiger partial charge in [-0.3, -0.25) is 0 Å². The first kappa shape index (κ1) is 20.9. The number of rotatable bonds is 6. The van der Waals surface area contributed by atoms with Crippen molar-refractivity contribution in [3.05, 3.63) is 0 Å². The van der Waals surface area contributed by atoms with Gasteiger partial charge < -0.3 is 18.9 Å². The minimum absolute atomic E-state index is 0.110. The van der Waals surface area contributed by atoms with E-state index in [1.807, 2.05) is 27.7 Å². The zero-order valence-corrected chi connectivity index (χ0v) is 16.1. The highest BCUT2D eigenvalue weighted by molar-refractivity contribution is 8.37. The summed E-state index contributed by atoms with van der Waals surface area (Å²) in [4.78, 5) is 12.1. The number of carbonyl (C=O) groups excluding carboxylic acids is 1. The second-order valence-corrected chi connectivity index (χ2v) is 8.11. The maximum atomic E-state index is 12.1. The fourth-order valence-corrected chi connectivity index (χ4v) is 4.49. The first-order valence-electron chi connectivity index (χ1n) is 6.09. The van der Waals surface area contributed by atoms with Crippen molar-refractivity contribution in [3.63, 3.8) is 0 Å². The van der Waals surface area contributed by atoms with E-state index in [0.717, 1.165) is 23.5 Å². The number of carbonyl (C=O) groups is 1. The van der Waals surface area contributed by atoms with Gasteiger partial charge in [0.1, 0.15) is 0 Å². The van der Waals surface area contributed by atoms with Gasteiger partial charge in [0, 0.05) is 7.11 Å². The molecule has 21 heavy (non-hydrogen) atoms. The molecule has 0 fully saturated rings. The van der Waals surface area contributed by atoms with E-state index >= 15 is 0 Å². The lowest BCUT2D eigenvalue weighted by Crippen LogP contribution is -2.38. The summed E-state index contributed by atoms with van der Waals surface area (Å²) in [5, 5.41) is 0. The molecule has 0 rings (SSSR count). The molecule has 0 aromatic heterocycles. The molecule has 0 unspecified atom stereocenters. The minimum atomic E-state index is -1.49. The normalized spacial score (nSPS) is 11.4. The molecule has 0 atom stereocenters. The predicted molar refractivity (Wildman–Crippen MR) is 94.6 cm³/mol. The van der Waals surface area contributed by atoms with Gasteiger partial charge >= 0.3 is 5.97 Å². The van der Waals surface area contributed by atoms with Crippen molar-refractivity contribution >= 4 is 62.7 Å². The van der Waals surface area contributed by atoms with Gasteiger partial charge in [-0.15, -0.1) is 0 Å². The van der Waals surface area contributed by atoms with Gasteiger partial charge in [-0.25, -0.2) is 4.79 Å². The van der Waals surface area contributed by atoms with Crippen LogP contribution in [-0.2, 0) is 23.7 Å². The van der Waals surface area contributed by atoms with Gasteiger partial charge in [0.05, 0.1) is 19.3 Å². The highest BCUT2D eigenvalue weighted by Crippen LogP contribution is 2.41. The Morgan fingerprint density at radius 2 is 1.33 bits per heavy atom. The van der Waals surface area contributed by atoms with E-state index in [0.29, 0.717) is 0 Å². The molecule has 122 valence electrons. The Morgan fingerprint density at radius 1 is 0.952 bits per heavy atom. The van der Waals surface area contributed by atoms with Crippen LogP contribution in [0.1, 0.15) is 27.7 Å². The number of esters is 1. The van der Waals surface area contributed by atoms with Crippen LogP contribution in [-0.4, -0.2) is 45.4 Å². The number of thioether (sulfide) groups is 2. The average molecular weight is 373 g/mol. The van der Waals surface area contributed by atoms with Crippen LogP contribution in [0.3, 0.4) is 0 Å². The quantitative estimate of drug-likeness (QED) is 0.397. The largest absolute Gasteiger partial charge is 0.476 e. The first-order chi connectivity index (χ1) is 9.66. The molecule has 0 bridgehead atoms. The summed E-state index contributed by atoms with van der Waals surface area (Å²) in [6.07, 6.45) is -0.220. The first-order valence-corrected chi connectivity index (χ1v) is 8.54. The minimum Gasteiger partial charge on any atom is -0.476 e. The van der Waals surface area contributed by atoms with Gasteiger partial charge in [0.15, 0.2) is 0 Å². The van der Waals surface area contributed by atoms with E-state index < -0.39 is 10.2 Å². The second-order valence-electron chi connectivity index (χ2n) is 4.29. The van der Waals surface area contributed by atoms with Gasteiger partial charge in [0.2, 0.25) is 8.77 Å². The monoisotopic (exact) mass is 372 g/mol. The standard InChI is InChI=1S/C12H20O5S4/c1-7(2)16-10(18)20-12(15-6,9(13)14-5)21-11(19)17-8(3)4/h7-8H,1-6H3.